The van der Waals surface area contributed by atoms with Crippen LogP contribution in [0, 0.1) is 5.41 Å². The number of urea groups is 1. The smallest absolute Gasteiger partial charge is 0.320 e. The molecule has 6 nitrogen and oxygen atoms in total. The highest BCUT2D eigenvalue weighted by atomic mass is 16.3. The summed E-state index contributed by atoms with van der Waals surface area (Å²) in [5, 5.41) is 19.4. The largest absolute Gasteiger partial charge is 0.393 e. The van der Waals surface area contributed by atoms with E-state index in [1.165, 1.54) is 0 Å². The normalized spacial score (nSPS) is 13.0. The number of amides is 2. The van der Waals surface area contributed by atoms with Gasteiger partial charge < -0.3 is 10.4 Å². The van der Waals surface area contributed by atoms with Crippen LogP contribution in [0.15, 0.2) is 6.07 Å². The Balaban J connectivity index is 2.50. The second-order valence-electron chi connectivity index (χ2n) is 6.42. The molecule has 0 aliphatic carbocycles. The van der Waals surface area contributed by atoms with Gasteiger partial charge in [0, 0.05) is 19.7 Å². The number of nitrogens with zero attached hydrogens (tertiary/aromatic N) is 2. The number of carbonyl (C=O) groups is 1. The van der Waals surface area contributed by atoms with E-state index in [9.17, 15) is 9.90 Å². The van der Waals surface area contributed by atoms with Crippen molar-refractivity contribution < 1.29 is 9.90 Å². The summed E-state index contributed by atoms with van der Waals surface area (Å²) >= 11 is 0. The van der Waals surface area contributed by atoms with Gasteiger partial charge in [-0.15, -0.1) is 0 Å². The van der Waals surface area contributed by atoms with Crippen LogP contribution < -0.4 is 10.6 Å². The van der Waals surface area contributed by atoms with Crippen molar-refractivity contribution in [2.75, 3.05) is 11.9 Å². The number of aliphatic hydroxyl groups excluding tert-OH is 1. The highest BCUT2D eigenvalue weighted by Crippen LogP contribution is 2.21. The average Bonchev–Trinajstić information content (AvgIpc) is 2.66. The molecule has 0 saturated heterocycles. The summed E-state index contributed by atoms with van der Waals surface area (Å²) in [7, 11) is 1.81. The number of carbonyl (C=O) groups excluding carboxylic acids is 1. The summed E-state index contributed by atoms with van der Waals surface area (Å²) < 4.78 is 1.67. The van der Waals surface area contributed by atoms with Crippen molar-refractivity contribution in [2.24, 2.45) is 12.5 Å². The first-order valence-corrected chi connectivity index (χ1v) is 7.49. The monoisotopic (exact) mass is 296 g/mol. The summed E-state index contributed by atoms with van der Waals surface area (Å²) in [5.74, 6) is 0.685. The molecule has 2 amide bonds. The molecule has 1 heterocycles. The Kier molecular flexibility index (Phi) is 6.20. The molecule has 0 aliphatic heterocycles. The minimum Gasteiger partial charge on any atom is -0.393 e. The van der Waals surface area contributed by atoms with Crippen LogP contribution in [0.2, 0.25) is 0 Å². The van der Waals surface area contributed by atoms with Gasteiger partial charge in [-0.05, 0) is 25.2 Å². The molecule has 1 aromatic rings. The van der Waals surface area contributed by atoms with Gasteiger partial charge in [0.2, 0.25) is 0 Å². The van der Waals surface area contributed by atoms with Crippen LogP contribution in [0.4, 0.5) is 10.6 Å². The van der Waals surface area contributed by atoms with E-state index in [1.54, 1.807) is 11.6 Å². The average molecular weight is 296 g/mol. The van der Waals surface area contributed by atoms with E-state index in [0.29, 0.717) is 18.8 Å². The molecule has 0 saturated carbocycles. The first-order chi connectivity index (χ1) is 9.73. The summed E-state index contributed by atoms with van der Waals surface area (Å²) in [6.45, 7) is 8.39. The maximum absolute atomic E-state index is 11.9. The number of anilines is 1. The van der Waals surface area contributed by atoms with Crippen LogP contribution >= 0.6 is 0 Å². The maximum atomic E-state index is 11.9. The molecule has 6 heteroatoms. The fraction of sp³-hybridized carbons (Fsp3) is 0.733. The molecule has 21 heavy (non-hydrogen) atoms. The second kappa shape index (κ2) is 7.45. The molecule has 1 unspecified atom stereocenters. The van der Waals surface area contributed by atoms with Gasteiger partial charge in [0.05, 0.1) is 11.8 Å². The number of aliphatic hydroxyl groups is 1. The van der Waals surface area contributed by atoms with Crippen LogP contribution in [0.25, 0.3) is 0 Å². The minimum absolute atomic E-state index is 0.147. The lowest BCUT2D eigenvalue weighted by molar-refractivity contribution is 0.129. The number of hydrogen-bond acceptors (Lipinski definition) is 3. The third-order valence-corrected chi connectivity index (χ3v) is 3.25. The van der Waals surface area contributed by atoms with Crippen LogP contribution in [-0.4, -0.2) is 33.6 Å². The number of nitrogens with one attached hydrogen (secondary N) is 2. The highest BCUT2D eigenvalue weighted by Gasteiger charge is 2.21. The molecule has 1 rings (SSSR count). The fourth-order valence-electron chi connectivity index (χ4n) is 2.37. The van der Waals surface area contributed by atoms with E-state index < -0.39 is 0 Å². The second-order valence-corrected chi connectivity index (χ2v) is 6.42. The van der Waals surface area contributed by atoms with Gasteiger partial charge >= 0.3 is 6.03 Å². The Morgan fingerprint density at radius 2 is 2.19 bits per heavy atom. The molecule has 120 valence electrons. The molecule has 0 aromatic carbocycles. The van der Waals surface area contributed by atoms with Gasteiger partial charge in [-0.3, -0.25) is 10.00 Å². The van der Waals surface area contributed by atoms with Crippen LogP contribution in [0.1, 0.15) is 46.2 Å². The van der Waals surface area contributed by atoms with Crippen molar-refractivity contribution in [1.29, 1.82) is 0 Å². The Morgan fingerprint density at radius 1 is 1.52 bits per heavy atom. The summed E-state index contributed by atoms with van der Waals surface area (Å²) in [5.41, 5.74) is 0.829. The van der Waals surface area contributed by atoms with Crippen molar-refractivity contribution in [3.05, 3.63) is 11.8 Å². The lowest BCUT2D eigenvalue weighted by Crippen LogP contribution is -2.38. The van der Waals surface area contributed by atoms with Gasteiger partial charge in [0.25, 0.3) is 0 Å². The SMILES string of the molecule is CCCc1cc(NC(=O)NCC(C)(C)CC(C)O)n(C)n1. The first-order valence-electron chi connectivity index (χ1n) is 7.49. The van der Waals surface area contributed by atoms with Gasteiger partial charge in [-0.1, -0.05) is 27.2 Å². The lowest BCUT2D eigenvalue weighted by atomic mass is 9.87. The first kappa shape index (κ1) is 17.5. The molecule has 0 radical (unpaired) electrons. The van der Waals surface area contributed by atoms with E-state index in [0.717, 1.165) is 18.5 Å². The zero-order chi connectivity index (χ0) is 16.0. The summed E-state index contributed by atoms with van der Waals surface area (Å²) in [6.07, 6.45) is 2.19. The molecule has 0 bridgehead atoms. The third-order valence-electron chi connectivity index (χ3n) is 3.25. The van der Waals surface area contributed by atoms with Crippen LogP contribution in [-0.2, 0) is 13.5 Å². The van der Waals surface area contributed by atoms with Gasteiger partial charge in [-0.25, -0.2) is 4.79 Å². The van der Waals surface area contributed by atoms with E-state index >= 15 is 0 Å². The molecule has 0 fully saturated rings. The highest BCUT2D eigenvalue weighted by molar-refractivity contribution is 5.88. The standard InChI is InChI=1S/C15H28N4O2/c1-6-7-12-8-13(19(5)18-12)17-14(21)16-10-15(3,4)9-11(2)20/h8,11,20H,6-7,9-10H2,1-5H3,(H2,16,17,21). The van der Waals surface area contributed by atoms with Crippen molar-refractivity contribution in [3.63, 3.8) is 0 Å². The predicted octanol–water partition coefficient (Wildman–Crippen LogP) is 2.29. The Labute approximate surface area is 126 Å². The van der Waals surface area contributed by atoms with E-state index in [2.05, 4.69) is 22.7 Å². The van der Waals surface area contributed by atoms with E-state index in [4.69, 9.17) is 0 Å². The molecular weight excluding hydrogens is 268 g/mol. The quantitative estimate of drug-likeness (QED) is 0.722. The van der Waals surface area contributed by atoms with Crippen LogP contribution in [0.3, 0.4) is 0 Å². The third kappa shape index (κ3) is 6.16. The Bertz CT molecular complexity index is 466. The predicted molar refractivity (Wildman–Crippen MR) is 84.3 cm³/mol. The topological polar surface area (TPSA) is 79.2 Å². The lowest BCUT2D eigenvalue weighted by Gasteiger charge is -2.26. The minimum atomic E-state index is -0.376. The summed E-state index contributed by atoms with van der Waals surface area (Å²) in [6, 6.07) is 1.64. The molecule has 1 atom stereocenters. The van der Waals surface area contributed by atoms with E-state index in [-0.39, 0.29) is 17.6 Å². The van der Waals surface area contributed by atoms with Gasteiger partial charge in [0.1, 0.15) is 5.82 Å². The van der Waals surface area contributed by atoms with Gasteiger partial charge in [0.15, 0.2) is 0 Å². The fourth-order valence-corrected chi connectivity index (χ4v) is 2.37. The zero-order valence-corrected chi connectivity index (χ0v) is 13.7. The summed E-state index contributed by atoms with van der Waals surface area (Å²) in [4.78, 5) is 11.9. The number of rotatable bonds is 7. The molecule has 0 spiro atoms. The van der Waals surface area contributed by atoms with Crippen molar-refractivity contribution in [2.45, 2.75) is 53.1 Å². The molecule has 0 aliphatic rings. The Hall–Kier alpha value is -1.56. The van der Waals surface area contributed by atoms with E-state index in [1.807, 2.05) is 27.0 Å². The molecular formula is C15H28N4O2. The van der Waals surface area contributed by atoms with Crippen molar-refractivity contribution in [1.82, 2.24) is 15.1 Å². The molecule has 1 aromatic heterocycles. The maximum Gasteiger partial charge on any atom is 0.320 e. The number of aryl methyl sites for hydroxylation is 2. The number of aromatic nitrogens is 2. The van der Waals surface area contributed by atoms with Crippen molar-refractivity contribution >= 4 is 11.8 Å². The Morgan fingerprint density at radius 3 is 2.76 bits per heavy atom. The molecule has 3 N–H and O–H groups in total. The number of hydrogen-bond donors (Lipinski definition) is 3. The zero-order valence-electron chi connectivity index (χ0n) is 13.7. The van der Waals surface area contributed by atoms with Crippen LogP contribution in [0.5, 0.6) is 0 Å². The van der Waals surface area contributed by atoms with Gasteiger partial charge in [-0.2, -0.15) is 5.10 Å². The van der Waals surface area contributed by atoms with Crippen molar-refractivity contribution in [3.8, 4) is 0 Å².